The second-order valence-corrected chi connectivity index (χ2v) is 9.09. The summed E-state index contributed by atoms with van der Waals surface area (Å²) in [6, 6.07) is 20.6. The molecule has 0 radical (unpaired) electrons. The second kappa shape index (κ2) is 10.1. The first kappa shape index (κ1) is 23.0. The average molecular weight is 452 g/mol. The molecule has 0 unspecified atom stereocenters. The van der Waals surface area contributed by atoms with Gasteiger partial charge in [0.2, 0.25) is 0 Å². The van der Waals surface area contributed by atoms with Gasteiger partial charge in [-0.15, -0.1) is 0 Å². The van der Waals surface area contributed by atoms with Crippen molar-refractivity contribution in [3.63, 3.8) is 0 Å². The van der Waals surface area contributed by atoms with Crippen molar-refractivity contribution in [1.29, 1.82) is 0 Å². The zero-order valence-electron chi connectivity index (χ0n) is 18.1. The Morgan fingerprint density at radius 1 is 1.00 bits per heavy atom. The molecule has 0 saturated carbocycles. The van der Waals surface area contributed by atoms with E-state index < -0.39 is 22.5 Å². The molecule has 32 heavy (non-hydrogen) atoms. The fourth-order valence-corrected chi connectivity index (χ4v) is 4.42. The van der Waals surface area contributed by atoms with Gasteiger partial charge >= 0.3 is 0 Å². The van der Waals surface area contributed by atoms with E-state index in [1.807, 2.05) is 38.1 Å². The van der Waals surface area contributed by atoms with E-state index in [2.05, 4.69) is 10.5 Å². The van der Waals surface area contributed by atoms with Crippen LogP contribution in [-0.4, -0.2) is 34.2 Å². The molecule has 0 aliphatic carbocycles. The van der Waals surface area contributed by atoms with Gasteiger partial charge in [-0.1, -0.05) is 47.5 Å². The van der Waals surface area contributed by atoms with E-state index in [0.717, 1.165) is 21.0 Å². The molecule has 0 aliphatic heterocycles. The summed E-state index contributed by atoms with van der Waals surface area (Å²) in [7, 11) is -2.47. The van der Waals surface area contributed by atoms with Gasteiger partial charge in [-0.05, 0) is 55.8 Å². The molecule has 0 aliphatic rings. The Kier molecular flexibility index (Phi) is 7.27. The number of sulfonamides is 1. The highest BCUT2D eigenvalue weighted by molar-refractivity contribution is 7.92. The SMILES string of the molecule is COc1ccc(N(CC(=O)N/N=C/c2cccc(C)c2)S(=O)(=O)c2ccc(C)cc2)cc1. The minimum Gasteiger partial charge on any atom is -0.497 e. The van der Waals surface area contributed by atoms with E-state index in [0.29, 0.717) is 11.4 Å². The van der Waals surface area contributed by atoms with Gasteiger partial charge in [0.1, 0.15) is 12.3 Å². The number of methoxy groups -OCH3 is 1. The third-order valence-corrected chi connectivity index (χ3v) is 6.49. The van der Waals surface area contributed by atoms with E-state index in [9.17, 15) is 13.2 Å². The summed E-state index contributed by atoms with van der Waals surface area (Å²) in [5, 5.41) is 3.96. The number of nitrogens with zero attached hydrogens (tertiary/aromatic N) is 2. The van der Waals surface area contributed by atoms with Crippen LogP contribution in [0.4, 0.5) is 5.69 Å². The van der Waals surface area contributed by atoms with E-state index >= 15 is 0 Å². The van der Waals surface area contributed by atoms with Gasteiger partial charge in [0.05, 0.1) is 23.9 Å². The fourth-order valence-electron chi connectivity index (χ4n) is 3.00. The Morgan fingerprint density at radius 2 is 1.69 bits per heavy atom. The third kappa shape index (κ3) is 5.73. The highest BCUT2D eigenvalue weighted by Crippen LogP contribution is 2.26. The number of hydrogen-bond donors (Lipinski definition) is 1. The minimum absolute atomic E-state index is 0.0926. The number of anilines is 1. The Labute approximate surface area is 188 Å². The first-order valence-corrected chi connectivity index (χ1v) is 11.4. The lowest BCUT2D eigenvalue weighted by atomic mass is 10.2. The van der Waals surface area contributed by atoms with Crippen molar-refractivity contribution >= 4 is 27.8 Å². The number of benzene rings is 3. The maximum absolute atomic E-state index is 13.3. The summed E-state index contributed by atoms with van der Waals surface area (Å²) in [5.74, 6) is 0.00838. The smallest absolute Gasteiger partial charge is 0.264 e. The fraction of sp³-hybridized carbons (Fsp3) is 0.167. The molecule has 166 valence electrons. The van der Waals surface area contributed by atoms with Crippen LogP contribution in [0, 0.1) is 13.8 Å². The molecule has 1 amide bonds. The number of hydrazone groups is 1. The largest absolute Gasteiger partial charge is 0.497 e. The van der Waals surface area contributed by atoms with Gasteiger partial charge in [0, 0.05) is 0 Å². The van der Waals surface area contributed by atoms with Crippen LogP contribution in [0.5, 0.6) is 5.75 Å². The lowest BCUT2D eigenvalue weighted by molar-refractivity contribution is -0.119. The minimum atomic E-state index is -3.99. The van der Waals surface area contributed by atoms with Crippen molar-refractivity contribution in [2.45, 2.75) is 18.7 Å². The number of carbonyl (C=O) groups excluding carboxylic acids is 1. The van der Waals surface area contributed by atoms with E-state index in [1.165, 1.54) is 25.5 Å². The molecule has 8 heteroatoms. The Hall–Kier alpha value is -3.65. The van der Waals surface area contributed by atoms with Crippen molar-refractivity contribution in [3.8, 4) is 5.75 Å². The van der Waals surface area contributed by atoms with Crippen LogP contribution < -0.4 is 14.5 Å². The molecule has 0 atom stereocenters. The summed E-state index contributed by atoms with van der Waals surface area (Å²) >= 11 is 0. The number of rotatable bonds is 8. The van der Waals surface area contributed by atoms with Crippen molar-refractivity contribution in [3.05, 3.63) is 89.5 Å². The lowest BCUT2D eigenvalue weighted by Gasteiger charge is -2.24. The molecule has 0 aromatic heterocycles. The molecular formula is C24H25N3O4S. The molecule has 0 bridgehead atoms. The molecule has 0 spiro atoms. The van der Waals surface area contributed by atoms with Gasteiger partial charge < -0.3 is 4.74 Å². The van der Waals surface area contributed by atoms with Crippen molar-refractivity contribution in [1.82, 2.24) is 5.43 Å². The van der Waals surface area contributed by atoms with Crippen molar-refractivity contribution in [2.24, 2.45) is 5.10 Å². The number of aryl methyl sites for hydroxylation is 2. The van der Waals surface area contributed by atoms with Gasteiger partial charge in [0.25, 0.3) is 15.9 Å². The highest BCUT2D eigenvalue weighted by Gasteiger charge is 2.27. The van der Waals surface area contributed by atoms with Gasteiger partial charge in [-0.2, -0.15) is 5.10 Å². The molecular weight excluding hydrogens is 426 g/mol. The van der Waals surface area contributed by atoms with Gasteiger partial charge in [-0.3, -0.25) is 9.10 Å². The molecule has 3 aromatic carbocycles. The van der Waals surface area contributed by atoms with Gasteiger partial charge in [0.15, 0.2) is 0 Å². The Morgan fingerprint density at radius 3 is 2.31 bits per heavy atom. The monoisotopic (exact) mass is 451 g/mol. The summed E-state index contributed by atoms with van der Waals surface area (Å²) in [4.78, 5) is 12.7. The predicted molar refractivity (Wildman–Crippen MR) is 126 cm³/mol. The summed E-state index contributed by atoms with van der Waals surface area (Å²) in [5.41, 5.74) is 5.57. The predicted octanol–water partition coefficient (Wildman–Crippen LogP) is 3.66. The average Bonchev–Trinajstić information content (AvgIpc) is 2.78. The number of hydrogen-bond acceptors (Lipinski definition) is 5. The van der Waals surface area contributed by atoms with Crippen molar-refractivity contribution < 1.29 is 17.9 Å². The highest BCUT2D eigenvalue weighted by atomic mass is 32.2. The third-order valence-electron chi connectivity index (χ3n) is 4.70. The summed E-state index contributed by atoms with van der Waals surface area (Å²) in [6.07, 6.45) is 1.51. The van der Waals surface area contributed by atoms with E-state index in [4.69, 9.17) is 4.74 Å². The quantitative estimate of drug-likeness (QED) is 0.418. The molecule has 3 aromatic rings. The van der Waals surface area contributed by atoms with Crippen LogP contribution >= 0.6 is 0 Å². The van der Waals surface area contributed by atoms with Crippen LogP contribution in [0.3, 0.4) is 0 Å². The van der Waals surface area contributed by atoms with Gasteiger partial charge in [-0.25, -0.2) is 13.8 Å². The zero-order valence-corrected chi connectivity index (χ0v) is 19.0. The molecule has 1 N–H and O–H groups in total. The molecule has 0 heterocycles. The second-order valence-electron chi connectivity index (χ2n) is 7.23. The number of nitrogens with one attached hydrogen (secondary N) is 1. The Bertz CT molecular complexity index is 1200. The summed E-state index contributed by atoms with van der Waals surface area (Å²) in [6.45, 7) is 3.39. The van der Waals surface area contributed by atoms with Crippen LogP contribution in [0.25, 0.3) is 0 Å². The number of amides is 1. The van der Waals surface area contributed by atoms with Crippen molar-refractivity contribution in [2.75, 3.05) is 18.0 Å². The van der Waals surface area contributed by atoms with Crippen LogP contribution in [0.15, 0.2) is 82.8 Å². The normalized spacial score (nSPS) is 11.3. The lowest BCUT2D eigenvalue weighted by Crippen LogP contribution is -2.39. The van der Waals surface area contributed by atoms with Crippen LogP contribution in [0.2, 0.25) is 0 Å². The van der Waals surface area contributed by atoms with E-state index in [-0.39, 0.29) is 4.90 Å². The first-order chi connectivity index (χ1) is 15.3. The number of ether oxygens (including phenoxy) is 1. The maximum Gasteiger partial charge on any atom is 0.264 e. The summed E-state index contributed by atoms with van der Waals surface area (Å²) < 4.78 is 32.9. The van der Waals surface area contributed by atoms with Crippen LogP contribution in [0.1, 0.15) is 16.7 Å². The molecule has 3 rings (SSSR count). The van der Waals surface area contributed by atoms with E-state index in [1.54, 1.807) is 36.4 Å². The standard InChI is InChI=1S/C24H25N3O4S/c1-18-7-13-23(14-8-18)32(29,30)27(21-9-11-22(31-3)12-10-21)17-24(28)26-25-16-20-6-4-5-19(2)15-20/h4-16H,17H2,1-3H3,(H,26,28)/b25-16+. The topological polar surface area (TPSA) is 88.1 Å². The molecule has 7 nitrogen and oxygen atoms in total. The Balaban J connectivity index is 1.84. The maximum atomic E-state index is 13.3. The van der Waals surface area contributed by atoms with Crippen LogP contribution in [-0.2, 0) is 14.8 Å². The number of carbonyl (C=O) groups is 1. The molecule has 0 saturated heterocycles. The first-order valence-electron chi connectivity index (χ1n) is 9.91. The molecule has 0 fully saturated rings. The zero-order chi connectivity index (χ0) is 23.1.